The number of anilines is 1. The van der Waals surface area contributed by atoms with Crippen LogP contribution < -0.4 is 5.32 Å². The molecule has 146 valence electrons. The smallest absolute Gasteiger partial charge is 0.309 e. The van der Waals surface area contributed by atoms with E-state index in [1.807, 2.05) is 25.5 Å². The molecule has 1 aromatic carbocycles. The van der Waals surface area contributed by atoms with E-state index in [-0.39, 0.29) is 18.1 Å². The van der Waals surface area contributed by atoms with Gasteiger partial charge in [-0.05, 0) is 33.3 Å². The molecule has 0 atom stereocenters. The van der Waals surface area contributed by atoms with Gasteiger partial charge in [0.15, 0.2) is 0 Å². The van der Waals surface area contributed by atoms with Crippen LogP contribution in [0.3, 0.4) is 0 Å². The van der Waals surface area contributed by atoms with Crippen molar-refractivity contribution in [2.75, 3.05) is 5.32 Å². The Labute approximate surface area is 162 Å². The summed E-state index contributed by atoms with van der Waals surface area (Å²) in [6, 6.07) is 8.21. The lowest BCUT2D eigenvalue weighted by Crippen LogP contribution is -2.21. The molecule has 0 fully saturated rings. The number of aromatic nitrogens is 4. The van der Waals surface area contributed by atoms with Gasteiger partial charge in [0.25, 0.3) is 0 Å². The van der Waals surface area contributed by atoms with E-state index in [0.29, 0.717) is 23.6 Å². The maximum Gasteiger partial charge on any atom is 0.309 e. The Morgan fingerprint density at radius 3 is 2.39 bits per heavy atom. The van der Waals surface area contributed by atoms with Gasteiger partial charge in [-0.25, -0.2) is 0 Å². The van der Waals surface area contributed by atoms with Crippen molar-refractivity contribution in [1.82, 2.24) is 19.6 Å². The second kappa shape index (κ2) is 7.63. The lowest BCUT2D eigenvalue weighted by molar-refractivity contribution is -0.385. The third kappa shape index (κ3) is 3.93. The normalized spacial score (nSPS) is 10.9. The number of nitrogens with one attached hydrogen (secondary N) is 1. The van der Waals surface area contributed by atoms with Crippen LogP contribution in [0.25, 0.3) is 0 Å². The van der Waals surface area contributed by atoms with Crippen molar-refractivity contribution in [3.8, 4) is 0 Å². The lowest BCUT2D eigenvalue weighted by atomic mass is 10.1. The average Bonchev–Trinajstić information content (AvgIpc) is 3.12. The van der Waals surface area contributed by atoms with E-state index in [4.69, 9.17) is 0 Å². The number of benzene rings is 1. The third-order valence-electron chi connectivity index (χ3n) is 4.67. The summed E-state index contributed by atoms with van der Waals surface area (Å²) in [5, 5.41) is 22.2. The summed E-state index contributed by atoms with van der Waals surface area (Å²) in [6.45, 7) is 7.83. The molecule has 28 heavy (non-hydrogen) atoms. The molecule has 1 amide bonds. The number of amides is 1. The van der Waals surface area contributed by atoms with Crippen molar-refractivity contribution < 1.29 is 9.72 Å². The van der Waals surface area contributed by atoms with Gasteiger partial charge >= 0.3 is 5.69 Å². The second-order valence-electron chi connectivity index (χ2n) is 6.77. The Balaban J connectivity index is 1.73. The monoisotopic (exact) mass is 382 g/mol. The van der Waals surface area contributed by atoms with Gasteiger partial charge in [0.1, 0.15) is 18.4 Å². The molecule has 0 aliphatic carbocycles. The molecule has 1 N–H and O–H groups in total. The van der Waals surface area contributed by atoms with Gasteiger partial charge in [-0.1, -0.05) is 29.8 Å². The van der Waals surface area contributed by atoms with Crippen LogP contribution in [0, 0.1) is 37.8 Å². The van der Waals surface area contributed by atoms with E-state index in [1.165, 1.54) is 10.2 Å². The zero-order chi connectivity index (χ0) is 20.4. The highest BCUT2D eigenvalue weighted by Gasteiger charge is 2.19. The molecule has 0 spiro atoms. The highest BCUT2D eigenvalue weighted by Crippen LogP contribution is 2.21. The molecule has 9 heteroatoms. The van der Waals surface area contributed by atoms with Crippen molar-refractivity contribution in [3.05, 3.63) is 68.8 Å². The molecule has 2 heterocycles. The highest BCUT2D eigenvalue weighted by atomic mass is 16.6. The Kier molecular flexibility index (Phi) is 5.25. The van der Waals surface area contributed by atoms with Gasteiger partial charge in [-0.2, -0.15) is 10.2 Å². The second-order valence-corrected chi connectivity index (χ2v) is 6.77. The SMILES string of the molecule is Cc1ccc(Cn2nc(C)c(NC(=O)Cn3ncc([N+](=O)[O-])c3C)c2C)cc1. The number of hydrogen-bond acceptors (Lipinski definition) is 5. The van der Waals surface area contributed by atoms with Crippen LogP contribution in [0.1, 0.15) is 28.2 Å². The molecule has 0 bridgehead atoms. The lowest BCUT2D eigenvalue weighted by Gasteiger charge is -2.08. The van der Waals surface area contributed by atoms with E-state index < -0.39 is 4.92 Å². The molecular formula is C19H22N6O3. The largest absolute Gasteiger partial charge is 0.321 e. The molecule has 3 rings (SSSR count). The summed E-state index contributed by atoms with van der Waals surface area (Å²) >= 11 is 0. The van der Waals surface area contributed by atoms with Crippen LogP contribution >= 0.6 is 0 Å². The zero-order valence-electron chi connectivity index (χ0n) is 16.3. The summed E-state index contributed by atoms with van der Waals surface area (Å²) in [7, 11) is 0. The van der Waals surface area contributed by atoms with Crippen molar-refractivity contribution in [3.63, 3.8) is 0 Å². The molecule has 0 aliphatic rings. The van der Waals surface area contributed by atoms with Crippen LogP contribution in [0.5, 0.6) is 0 Å². The fraction of sp³-hybridized carbons (Fsp3) is 0.316. The minimum Gasteiger partial charge on any atom is -0.321 e. The van der Waals surface area contributed by atoms with Crippen molar-refractivity contribution in [1.29, 1.82) is 0 Å². The Bertz CT molecular complexity index is 1030. The van der Waals surface area contributed by atoms with E-state index in [1.54, 1.807) is 6.92 Å². The first-order valence-electron chi connectivity index (χ1n) is 8.82. The number of nitro groups is 1. The fourth-order valence-corrected chi connectivity index (χ4v) is 2.99. The topological polar surface area (TPSA) is 108 Å². The van der Waals surface area contributed by atoms with E-state index in [9.17, 15) is 14.9 Å². The Hall–Kier alpha value is -3.49. The van der Waals surface area contributed by atoms with Crippen LogP contribution in [-0.4, -0.2) is 30.4 Å². The summed E-state index contributed by atoms with van der Waals surface area (Å²) in [4.78, 5) is 22.8. The van der Waals surface area contributed by atoms with Gasteiger partial charge in [0.2, 0.25) is 5.91 Å². The Morgan fingerprint density at radius 2 is 1.79 bits per heavy atom. The standard InChI is InChI=1S/C19H22N6O3/c1-12-5-7-16(8-6-12)10-24-15(4)19(13(2)22-24)21-18(26)11-23-14(3)17(9-20-23)25(27)28/h5-9H,10-11H2,1-4H3,(H,21,26). The number of hydrogen-bond donors (Lipinski definition) is 1. The fourth-order valence-electron chi connectivity index (χ4n) is 2.99. The summed E-state index contributed by atoms with van der Waals surface area (Å²) in [5.41, 5.74) is 4.75. The van der Waals surface area contributed by atoms with Crippen LogP contribution in [0.15, 0.2) is 30.5 Å². The summed E-state index contributed by atoms with van der Waals surface area (Å²) in [6.07, 6.45) is 1.15. The summed E-state index contributed by atoms with van der Waals surface area (Å²) < 4.78 is 3.16. The average molecular weight is 382 g/mol. The first-order chi connectivity index (χ1) is 13.3. The highest BCUT2D eigenvalue weighted by molar-refractivity contribution is 5.91. The minimum absolute atomic E-state index is 0.105. The van der Waals surface area contributed by atoms with Crippen molar-refractivity contribution in [2.24, 2.45) is 0 Å². The van der Waals surface area contributed by atoms with Crippen LogP contribution in [0.2, 0.25) is 0 Å². The van der Waals surface area contributed by atoms with E-state index >= 15 is 0 Å². The maximum atomic E-state index is 12.4. The number of carbonyl (C=O) groups is 1. The molecule has 0 radical (unpaired) electrons. The van der Waals surface area contributed by atoms with Gasteiger partial charge in [-0.15, -0.1) is 0 Å². The molecule has 2 aromatic heterocycles. The molecule has 0 saturated heterocycles. The number of aryl methyl sites for hydroxylation is 2. The Morgan fingerprint density at radius 1 is 1.11 bits per heavy atom. The van der Waals surface area contributed by atoms with Crippen LogP contribution in [0.4, 0.5) is 11.4 Å². The molecule has 0 saturated carbocycles. The number of carbonyl (C=O) groups excluding carboxylic acids is 1. The minimum atomic E-state index is -0.514. The predicted molar refractivity (Wildman–Crippen MR) is 104 cm³/mol. The molecule has 9 nitrogen and oxygen atoms in total. The predicted octanol–water partition coefficient (Wildman–Crippen LogP) is 2.91. The van der Waals surface area contributed by atoms with Gasteiger partial charge in [0.05, 0.1) is 28.5 Å². The van der Waals surface area contributed by atoms with Gasteiger partial charge < -0.3 is 5.32 Å². The molecule has 0 aliphatic heterocycles. The van der Waals surface area contributed by atoms with Gasteiger partial charge in [-0.3, -0.25) is 24.3 Å². The number of nitrogens with zero attached hydrogens (tertiary/aromatic N) is 5. The van der Waals surface area contributed by atoms with Crippen molar-refractivity contribution in [2.45, 2.75) is 40.8 Å². The maximum absolute atomic E-state index is 12.4. The third-order valence-corrected chi connectivity index (χ3v) is 4.67. The summed E-state index contributed by atoms with van der Waals surface area (Å²) in [5.74, 6) is -0.317. The first-order valence-corrected chi connectivity index (χ1v) is 8.82. The number of rotatable bonds is 6. The molecule has 0 unspecified atom stereocenters. The quantitative estimate of drug-likeness (QED) is 0.521. The zero-order valence-corrected chi connectivity index (χ0v) is 16.3. The first kappa shape index (κ1) is 19.3. The molecular weight excluding hydrogens is 360 g/mol. The van der Waals surface area contributed by atoms with Gasteiger partial charge in [0, 0.05) is 0 Å². The van der Waals surface area contributed by atoms with Crippen molar-refractivity contribution >= 4 is 17.3 Å². The van der Waals surface area contributed by atoms with Crippen LogP contribution in [-0.2, 0) is 17.9 Å². The molecule has 3 aromatic rings. The van der Waals surface area contributed by atoms with E-state index in [0.717, 1.165) is 17.5 Å². The van der Waals surface area contributed by atoms with E-state index in [2.05, 4.69) is 39.8 Å².